The fourth-order valence-corrected chi connectivity index (χ4v) is 3.36. The first kappa shape index (κ1) is 21.4. The van der Waals surface area contributed by atoms with Crippen LogP contribution in [0.1, 0.15) is 22.2 Å². The minimum Gasteiger partial charge on any atom is -0.503 e. The van der Waals surface area contributed by atoms with Gasteiger partial charge in [0.1, 0.15) is 0 Å². The number of furan rings is 1. The zero-order valence-corrected chi connectivity index (χ0v) is 16.7. The first-order valence-corrected chi connectivity index (χ1v) is 9.26. The first-order chi connectivity index (χ1) is 14.5. The standard InChI is InChI=1S/C21H23NO8/c1-27-14-6-5-13(12-16(14)28-2)18-17(19(24)15-4-3-9-30-15)20(25)21(26)22(18)7-10-29-11-8-23/h3-6,9,12,18,23,25H,7-8,10-11H2,1-2H3/t18-/m1/s1. The lowest BCUT2D eigenvalue weighted by atomic mass is 9.94. The fraction of sp³-hybridized carbons (Fsp3) is 0.333. The summed E-state index contributed by atoms with van der Waals surface area (Å²) in [6, 6.07) is 7.12. The Hall–Kier alpha value is -3.30. The van der Waals surface area contributed by atoms with Crippen LogP contribution in [0.25, 0.3) is 0 Å². The molecule has 9 nitrogen and oxygen atoms in total. The minimum atomic E-state index is -0.882. The van der Waals surface area contributed by atoms with Crippen molar-refractivity contribution in [1.29, 1.82) is 0 Å². The summed E-state index contributed by atoms with van der Waals surface area (Å²) in [5.74, 6) is -1.03. The van der Waals surface area contributed by atoms with E-state index in [4.69, 9.17) is 23.7 Å². The SMILES string of the molecule is COc1ccc([C@@H]2C(C(=O)c3ccco3)=C(O)C(=O)N2CCOCCO)cc1OC. The second-order valence-electron chi connectivity index (χ2n) is 6.42. The van der Waals surface area contributed by atoms with E-state index in [1.807, 2.05) is 0 Å². The van der Waals surface area contributed by atoms with Gasteiger partial charge in [0, 0.05) is 6.54 Å². The quantitative estimate of drug-likeness (QED) is 0.444. The van der Waals surface area contributed by atoms with E-state index < -0.39 is 23.5 Å². The van der Waals surface area contributed by atoms with Gasteiger partial charge in [0.25, 0.3) is 5.91 Å². The maximum absolute atomic E-state index is 13.0. The van der Waals surface area contributed by atoms with Crippen LogP contribution in [-0.4, -0.2) is 67.4 Å². The number of aliphatic hydroxyl groups excluding tert-OH is 2. The Balaban J connectivity index is 2.03. The molecule has 0 saturated carbocycles. The van der Waals surface area contributed by atoms with E-state index in [-0.39, 0.29) is 37.7 Å². The van der Waals surface area contributed by atoms with E-state index in [1.165, 1.54) is 31.4 Å². The van der Waals surface area contributed by atoms with Crippen LogP contribution >= 0.6 is 0 Å². The van der Waals surface area contributed by atoms with E-state index in [2.05, 4.69) is 0 Å². The summed E-state index contributed by atoms with van der Waals surface area (Å²) in [6.07, 6.45) is 1.34. The van der Waals surface area contributed by atoms with Gasteiger partial charge in [-0.1, -0.05) is 6.07 Å². The number of nitrogens with zero attached hydrogens (tertiary/aromatic N) is 1. The number of ether oxygens (including phenoxy) is 3. The van der Waals surface area contributed by atoms with Gasteiger partial charge in [-0.15, -0.1) is 0 Å². The number of hydrogen-bond acceptors (Lipinski definition) is 8. The number of carbonyl (C=O) groups is 2. The molecule has 1 amide bonds. The topological polar surface area (TPSA) is 119 Å². The van der Waals surface area contributed by atoms with Gasteiger partial charge in [0.2, 0.25) is 5.78 Å². The molecule has 2 heterocycles. The zero-order valence-electron chi connectivity index (χ0n) is 16.7. The molecule has 160 valence electrons. The van der Waals surface area contributed by atoms with Crippen LogP contribution in [0, 0.1) is 0 Å². The Bertz CT molecular complexity index is 934. The molecule has 1 aliphatic heterocycles. The highest BCUT2D eigenvalue weighted by Gasteiger charge is 2.44. The van der Waals surface area contributed by atoms with Crippen molar-refractivity contribution in [1.82, 2.24) is 4.90 Å². The second-order valence-corrected chi connectivity index (χ2v) is 6.42. The predicted molar refractivity (Wildman–Crippen MR) is 105 cm³/mol. The Morgan fingerprint density at radius 3 is 2.57 bits per heavy atom. The van der Waals surface area contributed by atoms with E-state index in [0.29, 0.717) is 17.1 Å². The molecule has 0 unspecified atom stereocenters. The molecule has 3 rings (SSSR count). The lowest BCUT2D eigenvalue weighted by Gasteiger charge is -2.27. The summed E-state index contributed by atoms with van der Waals surface area (Å²) in [4.78, 5) is 27.2. The van der Waals surface area contributed by atoms with Crippen LogP contribution < -0.4 is 9.47 Å². The smallest absolute Gasteiger partial charge is 0.290 e. The Kier molecular flexibility index (Phi) is 6.76. The summed E-state index contributed by atoms with van der Waals surface area (Å²) >= 11 is 0. The summed E-state index contributed by atoms with van der Waals surface area (Å²) in [5.41, 5.74) is 0.450. The Morgan fingerprint density at radius 2 is 1.93 bits per heavy atom. The zero-order chi connectivity index (χ0) is 21.7. The highest BCUT2D eigenvalue weighted by atomic mass is 16.5. The third kappa shape index (κ3) is 4.03. The second kappa shape index (κ2) is 9.47. The maximum Gasteiger partial charge on any atom is 0.290 e. The number of aliphatic hydroxyl groups is 2. The molecule has 9 heteroatoms. The molecule has 0 saturated heterocycles. The molecule has 30 heavy (non-hydrogen) atoms. The lowest BCUT2D eigenvalue weighted by Crippen LogP contribution is -2.34. The summed E-state index contributed by atoms with van der Waals surface area (Å²) in [7, 11) is 2.98. The molecule has 1 atom stereocenters. The molecular weight excluding hydrogens is 394 g/mol. The van der Waals surface area contributed by atoms with Crippen molar-refractivity contribution in [2.24, 2.45) is 0 Å². The number of hydrogen-bond donors (Lipinski definition) is 2. The van der Waals surface area contributed by atoms with E-state index in [9.17, 15) is 14.7 Å². The summed E-state index contributed by atoms with van der Waals surface area (Å²) in [5, 5.41) is 19.4. The van der Waals surface area contributed by atoms with E-state index >= 15 is 0 Å². The molecule has 2 N–H and O–H groups in total. The molecule has 1 aromatic carbocycles. The summed E-state index contributed by atoms with van der Waals surface area (Å²) < 4.78 is 21.1. The van der Waals surface area contributed by atoms with Crippen molar-refractivity contribution >= 4 is 11.7 Å². The normalized spacial score (nSPS) is 16.3. The van der Waals surface area contributed by atoms with Gasteiger partial charge in [-0.2, -0.15) is 0 Å². The van der Waals surface area contributed by atoms with Gasteiger partial charge in [-0.05, 0) is 29.8 Å². The van der Waals surface area contributed by atoms with E-state index in [0.717, 1.165) is 0 Å². The van der Waals surface area contributed by atoms with Crippen molar-refractivity contribution in [3.05, 3.63) is 59.3 Å². The maximum atomic E-state index is 13.0. The molecule has 1 aliphatic rings. The van der Waals surface area contributed by atoms with Crippen molar-refractivity contribution in [2.75, 3.05) is 40.6 Å². The Labute approximate surface area is 173 Å². The molecule has 2 aromatic rings. The third-order valence-electron chi connectivity index (χ3n) is 4.73. The number of amides is 1. The van der Waals surface area contributed by atoms with Crippen molar-refractivity contribution < 1.29 is 38.4 Å². The highest BCUT2D eigenvalue weighted by molar-refractivity contribution is 6.15. The number of carbonyl (C=O) groups excluding carboxylic acids is 2. The van der Waals surface area contributed by atoms with Gasteiger partial charge in [0.05, 0.1) is 51.9 Å². The Morgan fingerprint density at radius 1 is 1.17 bits per heavy atom. The fourth-order valence-electron chi connectivity index (χ4n) is 3.36. The molecule has 0 spiro atoms. The van der Waals surface area contributed by atoms with Crippen molar-refractivity contribution in [3.63, 3.8) is 0 Å². The molecule has 1 aromatic heterocycles. The lowest BCUT2D eigenvalue weighted by molar-refractivity contribution is -0.130. The third-order valence-corrected chi connectivity index (χ3v) is 4.73. The molecule has 0 bridgehead atoms. The molecule has 0 radical (unpaired) electrons. The van der Waals surface area contributed by atoms with Crippen LogP contribution in [0.5, 0.6) is 11.5 Å². The van der Waals surface area contributed by atoms with Gasteiger partial charge in [-0.3, -0.25) is 9.59 Å². The molecular formula is C21H23NO8. The van der Waals surface area contributed by atoms with Crippen LogP contribution in [0.2, 0.25) is 0 Å². The van der Waals surface area contributed by atoms with Gasteiger partial charge >= 0.3 is 0 Å². The number of Topliss-reactive ketones (excluding diaryl/α,β-unsaturated/α-hetero) is 1. The summed E-state index contributed by atoms with van der Waals surface area (Å²) in [6.45, 7) is 0.169. The van der Waals surface area contributed by atoms with Crippen molar-refractivity contribution in [2.45, 2.75) is 6.04 Å². The molecule has 0 fully saturated rings. The van der Waals surface area contributed by atoms with Crippen LogP contribution in [0.3, 0.4) is 0 Å². The number of methoxy groups -OCH3 is 2. The first-order valence-electron chi connectivity index (χ1n) is 9.26. The largest absolute Gasteiger partial charge is 0.503 e. The van der Waals surface area contributed by atoms with Crippen LogP contribution in [0.4, 0.5) is 0 Å². The van der Waals surface area contributed by atoms with Gasteiger partial charge < -0.3 is 33.7 Å². The van der Waals surface area contributed by atoms with E-state index in [1.54, 1.807) is 24.3 Å². The number of benzene rings is 1. The highest BCUT2D eigenvalue weighted by Crippen LogP contribution is 2.41. The monoisotopic (exact) mass is 417 g/mol. The van der Waals surface area contributed by atoms with Crippen molar-refractivity contribution in [3.8, 4) is 11.5 Å². The predicted octanol–water partition coefficient (Wildman–Crippen LogP) is 1.88. The van der Waals surface area contributed by atoms with Gasteiger partial charge in [0.15, 0.2) is 23.0 Å². The van der Waals surface area contributed by atoms with Gasteiger partial charge in [-0.25, -0.2) is 0 Å². The average molecular weight is 417 g/mol. The molecule has 0 aliphatic carbocycles. The number of rotatable bonds is 10. The number of ketones is 1. The van der Waals surface area contributed by atoms with Crippen LogP contribution in [0.15, 0.2) is 52.3 Å². The minimum absolute atomic E-state index is 0.00760. The average Bonchev–Trinajstić information content (AvgIpc) is 3.38. The van der Waals surface area contributed by atoms with Crippen LogP contribution in [-0.2, 0) is 9.53 Å².